The largest absolute Gasteiger partial charge is 0.301 e. The molecule has 2 rings (SSSR count). The van der Waals surface area contributed by atoms with E-state index in [-0.39, 0.29) is 16.0 Å². The Morgan fingerprint density at radius 2 is 2.11 bits per heavy atom. The van der Waals surface area contributed by atoms with Gasteiger partial charge in [0.25, 0.3) is 0 Å². The van der Waals surface area contributed by atoms with Gasteiger partial charge in [0, 0.05) is 18.1 Å². The average Bonchev–Trinajstić information content (AvgIpc) is 3.14. The van der Waals surface area contributed by atoms with Crippen molar-refractivity contribution in [2.45, 2.75) is 29.5 Å². The van der Waals surface area contributed by atoms with Crippen LogP contribution >= 0.6 is 11.3 Å². The number of rotatable bonds is 6. The fraction of sp³-hybridized carbons (Fsp3) is 0.455. The number of allylic oxidation sites excluding steroid dienone is 1. The first-order chi connectivity index (χ1) is 9.02. The molecule has 1 heterocycles. The lowest BCUT2D eigenvalue weighted by Crippen LogP contribution is -1.98. The minimum absolute atomic E-state index is 0.205. The number of thiazole rings is 1. The van der Waals surface area contributed by atoms with Gasteiger partial charge in [0.05, 0.1) is 21.4 Å². The first-order valence-corrected chi connectivity index (χ1v) is 7.70. The fourth-order valence-corrected chi connectivity index (χ4v) is 3.85. The van der Waals surface area contributed by atoms with Crippen LogP contribution in [0.15, 0.2) is 16.2 Å². The lowest BCUT2D eigenvalue weighted by atomic mass is 10.3. The molecule has 1 fully saturated rings. The van der Waals surface area contributed by atoms with Crippen molar-refractivity contribution in [1.82, 2.24) is 4.98 Å². The highest BCUT2D eigenvalue weighted by molar-refractivity contribution is 7.87. The summed E-state index contributed by atoms with van der Waals surface area (Å²) < 4.78 is 48.4. The molecule has 0 aliphatic heterocycles. The van der Waals surface area contributed by atoms with Crippen LogP contribution < -0.4 is 0 Å². The SMILES string of the molecule is O=Cc1sc(S(=O)CCC(F)=C(F)F)nc1C1CC1. The molecule has 0 spiro atoms. The van der Waals surface area contributed by atoms with Crippen LogP contribution in [0.1, 0.15) is 40.5 Å². The normalized spacial score (nSPS) is 16.2. The van der Waals surface area contributed by atoms with E-state index in [4.69, 9.17) is 0 Å². The average molecular weight is 309 g/mol. The number of carbonyl (C=O) groups excluding carboxylic acids is 1. The van der Waals surface area contributed by atoms with Crippen LogP contribution in [0.4, 0.5) is 13.2 Å². The summed E-state index contributed by atoms with van der Waals surface area (Å²) in [5.74, 6) is -1.58. The summed E-state index contributed by atoms with van der Waals surface area (Å²) in [6.07, 6.45) is -0.428. The summed E-state index contributed by atoms with van der Waals surface area (Å²) in [6, 6.07) is 0. The van der Waals surface area contributed by atoms with Gasteiger partial charge in [-0.15, -0.1) is 11.3 Å². The number of nitrogens with zero attached hydrogens (tertiary/aromatic N) is 1. The third kappa shape index (κ3) is 3.50. The van der Waals surface area contributed by atoms with Crippen molar-refractivity contribution in [3.05, 3.63) is 22.5 Å². The number of aromatic nitrogens is 1. The van der Waals surface area contributed by atoms with Crippen molar-refractivity contribution >= 4 is 28.4 Å². The first kappa shape index (κ1) is 14.4. The zero-order valence-corrected chi connectivity index (χ0v) is 11.3. The molecular weight excluding hydrogens is 299 g/mol. The summed E-state index contributed by atoms with van der Waals surface area (Å²) in [4.78, 5) is 15.4. The van der Waals surface area contributed by atoms with Crippen LogP contribution in [-0.2, 0) is 10.8 Å². The molecule has 0 amide bonds. The van der Waals surface area contributed by atoms with Crippen molar-refractivity contribution in [3.8, 4) is 0 Å². The number of hydrogen-bond donors (Lipinski definition) is 0. The molecule has 1 unspecified atom stereocenters. The molecule has 0 aromatic carbocycles. The van der Waals surface area contributed by atoms with Gasteiger partial charge in [-0.2, -0.15) is 8.78 Å². The fourth-order valence-electron chi connectivity index (χ4n) is 1.52. The van der Waals surface area contributed by atoms with Crippen molar-refractivity contribution in [2.75, 3.05) is 5.75 Å². The topological polar surface area (TPSA) is 47.0 Å². The Kier molecular flexibility index (Phi) is 4.51. The molecule has 8 heteroatoms. The van der Waals surface area contributed by atoms with E-state index in [1.165, 1.54) is 0 Å². The quantitative estimate of drug-likeness (QED) is 0.757. The van der Waals surface area contributed by atoms with Gasteiger partial charge in [0.1, 0.15) is 0 Å². The number of halogens is 3. The Balaban J connectivity index is 2.07. The molecule has 1 aliphatic rings. The molecule has 1 atom stereocenters. The lowest BCUT2D eigenvalue weighted by Gasteiger charge is -1.96. The van der Waals surface area contributed by atoms with E-state index in [0.717, 1.165) is 24.2 Å². The predicted molar refractivity (Wildman–Crippen MR) is 65.7 cm³/mol. The zero-order chi connectivity index (χ0) is 14.0. The van der Waals surface area contributed by atoms with Crippen molar-refractivity contribution in [2.24, 2.45) is 0 Å². The maximum absolute atomic E-state index is 12.6. The van der Waals surface area contributed by atoms with Crippen LogP contribution in [-0.4, -0.2) is 21.2 Å². The Morgan fingerprint density at radius 3 is 2.63 bits per heavy atom. The van der Waals surface area contributed by atoms with Gasteiger partial charge in [-0.3, -0.25) is 9.00 Å². The molecule has 0 bridgehead atoms. The van der Waals surface area contributed by atoms with Gasteiger partial charge >= 0.3 is 6.08 Å². The third-order valence-electron chi connectivity index (χ3n) is 2.64. The van der Waals surface area contributed by atoms with Gasteiger partial charge in [0.15, 0.2) is 16.5 Å². The standard InChI is InChI=1S/C11H10F3NO2S2/c12-7(10(13)14)3-4-19(17)11-15-9(6-1-2-6)8(5-16)18-11/h5-6H,1-4H2. The molecule has 104 valence electrons. The van der Waals surface area contributed by atoms with Crippen LogP contribution in [0, 0.1) is 0 Å². The molecule has 1 saturated carbocycles. The lowest BCUT2D eigenvalue weighted by molar-refractivity contribution is 0.112. The maximum atomic E-state index is 12.6. The van der Waals surface area contributed by atoms with Crippen LogP contribution in [0.2, 0.25) is 0 Å². The van der Waals surface area contributed by atoms with E-state index in [9.17, 15) is 22.2 Å². The molecule has 1 aromatic heterocycles. The summed E-state index contributed by atoms with van der Waals surface area (Å²) in [6.45, 7) is 0. The monoisotopic (exact) mass is 309 g/mol. The number of aldehydes is 1. The van der Waals surface area contributed by atoms with E-state index in [0.29, 0.717) is 16.9 Å². The Hall–Kier alpha value is -1.02. The highest BCUT2D eigenvalue weighted by Gasteiger charge is 2.30. The predicted octanol–water partition coefficient (Wildman–Crippen LogP) is 3.41. The van der Waals surface area contributed by atoms with Crippen LogP contribution in [0.3, 0.4) is 0 Å². The molecule has 3 nitrogen and oxygen atoms in total. The molecule has 0 radical (unpaired) electrons. The van der Waals surface area contributed by atoms with E-state index < -0.39 is 29.1 Å². The molecule has 1 aliphatic carbocycles. The molecule has 1 aromatic rings. The van der Waals surface area contributed by atoms with E-state index in [2.05, 4.69) is 4.98 Å². The number of hydrogen-bond acceptors (Lipinski definition) is 4. The van der Waals surface area contributed by atoms with Gasteiger partial charge in [0.2, 0.25) is 0 Å². The Bertz CT molecular complexity index is 548. The van der Waals surface area contributed by atoms with E-state index >= 15 is 0 Å². The van der Waals surface area contributed by atoms with Crippen molar-refractivity contribution in [1.29, 1.82) is 0 Å². The van der Waals surface area contributed by atoms with E-state index in [1.54, 1.807) is 0 Å². The summed E-state index contributed by atoms with van der Waals surface area (Å²) in [7, 11) is -1.66. The zero-order valence-electron chi connectivity index (χ0n) is 9.70. The molecule has 0 saturated heterocycles. The van der Waals surface area contributed by atoms with E-state index in [1.807, 2.05) is 0 Å². The molecular formula is C11H10F3NO2S2. The summed E-state index contributed by atoms with van der Waals surface area (Å²) in [5.41, 5.74) is 0.635. The second-order valence-electron chi connectivity index (χ2n) is 4.09. The van der Waals surface area contributed by atoms with Crippen LogP contribution in [0.25, 0.3) is 0 Å². The number of carbonyl (C=O) groups is 1. The second kappa shape index (κ2) is 5.96. The minimum atomic E-state index is -2.39. The first-order valence-electron chi connectivity index (χ1n) is 5.56. The minimum Gasteiger partial charge on any atom is -0.297 e. The Labute approximate surface area is 114 Å². The molecule has 19 heavy (non-hydrogen) atoms. The van der Waals surface area contributed by atoms with Gasteiger partial charge in [-0.25, -0.2) is 9.37 Å². The highest BCUT2D eigenvalue weighted by Crippen LogP contribution is 2.42. The van der Waals surface area contributed by atoms with Crippen molar-refractivity contribution in [3.63, 3.8) is 0 Å². The maximum Gasteiger partial charge on any atom is 0.301 e. The summed E-state index contributed by atoms with van der Waals surface area (Å²) in [5, 5.41) is 0. The van der Waals surface area contributed by atoms with Crippen molar-refractivity contribution < 1.29 is 22.2 Å². The highest BCUT2D eigenvalue weighted by atomic mass is 32.2. The van der Waals surface area contributed by atoms with Gasteiger partial charge in [-0.1, -0.05) is 0 Å². The van der Waals surface area contributed by atoms with Gasteiger partial charge in [-0.05, 0) is 12.8 Å². The second-order valence-corrected chi connectivity index (χ2v) is 6.86. The van der Waals surface area contributed by atoms with Gasteiger partial charge < -0.3 is 0 Å². The Morgan fingerprint density at radius 1 is 1.42 bits per heavy atom. The smallest absolute Gasteiger partial charge is 0.297 e. The summed E-state index contributed by atoms with van der Waals surface area (Å²) >= 11 is 0.991. The molecule has 0 N–H and O–H groups in total. The third-order valence-corrected chi connectivity index (χ3v) is 5.29. The van der Waals surface area contributed by atoms with Crippen LogP contribution in [0.5, 0.6) is 0 Å².